The molecule has 4 nitrogen and oxygen atoms in total. The van der Waals surface area contributed by atoms with Gasteiger partial charge in [0.1, 0.15) is 5.52 Å². The lowest BCUT2D eigenvalue weighted by Gasteiger charge is -2.33. The van der Waals surface area contributed by atoms with E-state index in [2.05, 4.69) is 4.98 Å². The lowest BCUT2D eigenvalue weighted by molar-refractivity contribution is -0.146. The SMILES string of the molecule is FC(F)(F)CN1CCN(c2nc3ccccc3o2)CC1. The van der Waals surface area contributed by atoms with E-state index in [1.165, 1.54) is 4.90 Å². The molecule has 0 radical (unpaired) electrons. The van der Waals surface area contributed by atoms with Crippen molar-refractivity contribution in [1.29, 1.82) is 0 Å². The van der Waals surface area contributed by atoms with Crippen LogP contribution < -0.4 is 4.90 Å². The first-order valence-electron chi connectivity index (χ1n) is 6.41. The molecule has 0 spiro atoms. The Balaban J connectivity index is 1.66. The summed E-state index contributed by atoms with van der Waals surface area (Å²) in [5, 5.41) is 0. The van der Waals surface area contributed by atoms with Crippen LogP contribution in [0.3, 0.4) is 0 Å². The number of alkyl halides is 3. The van der Waals surface area contributed by atoms with E-state index in [1.807, 2.05) is 29.2 Å². The molecule has 0 bridgehead atoms. The second-order valence-electron chi connectivity index (χ2n) is 4.84. The second-order valence-corrected chi connectivity index (χ2v) is 4.84. The van der Waals surface area contributed by atoms with E-state index >= 15 is 0 Å². The minimum absolute atomic E-state index is 0.359. The summed E-state index contributed by atoms with van der Waals surface area (Å²) in [5.74, 6) is 0. The summed E-state index contributed by atoms with van der Waals surface area (Å²) in [4.78, 5) is 7.64. The Morgan fingerprint density at radius 1 is 1.10 bits per heavy atom. The first-order chi connectivity index (χ1) is 9.51. The van der Waals surface area contributed by atoms with E-state index in [9.17, 15) is 13.2 Å². The summed E-state index contributed by atoms with van der Waals surface area (Å²) >= 11 is 0. The molecule has 108 valence electrons. The first kappa shape index (κ1) is 13.2. The van der Waals surface area contributed by atoms with Crippen LogP contribution in [-0.4, -0.2) is 48.8 Å². The van der Waals surface area contributed by atoms with E-state index in [-0.39, 0.29) is 0 Å². The van der Waals surface area contributed by atoms with E-state index in [0.717, 1.165) is 5.52 Å². The molecule has 2 heterocycles. The maximum atomic E-state index is 12.3. The van der Waals surface area contributed by atoms with Gasteiger partial charge in [-0.25, -0.2) is 0 Å². The largest absolute Gasteiger partial charge is 0.423 e. The van der Waals surface area contributed by atoms with Crippen molar-refractivity contribution in [1.82, 2.24) is 9.88 Å². The Morgan fingerprint density at radius 2 is 1.80 bits per heavy atom. The average Bonchev–Trinajstić information content (AvgIpc) is 2.81. The number of anilines is 1. The van der Waals surface area contributed by atoms with E-state index < -0.39 is 12.7 Å². The molecule has 0 unspecified atom stereocenters. The number of aromatic nitrogens is 1. The Morgan fingerprint density at radius 3 is 2.45 bits per heavy atom. The molecule has 1 aliphatic rings. The van der Waals surface area contributed by atoms with Crippen LogP contribution in [0.2, 0.25) is 0 Å². The predicted octanol–water partition coefficient (Wildman–Crippen LogP) is 2.51. The number of para-hydroxylation sites is 2. The van der Waals surface area contributed by atoms with Gasteiger partial charge in [-0.15, -0.1) is 0 Å². The maximum Gasteiger partial charge on any atom is 0.401 e. The summed E-state index contributed by atoms with van der Waals surface area (Å²) in [6.45, 7) is 0.844. The number of halogens is 3. The highest BCUT2D eigenvalue weighted by Gasteiger charge is 2.32. The van der Waals surface area contributed by atoms with Crippen molar-refractivity contribution >= 4 is 17.1 Å². The van der Waals surface area contributed by atoms with E-state index in [1.54, 1.807) is 0 Å². The highest BCUT2D eigenvalue weighted by molar-refractivity contribution is 5.74. The molecular weight excluding hydrogens is 271 g/mol. The molecule has 0 aliphatic carbocycles. The number of oxazole rings is 1. The van der Waals surface area contributed by atoms with Crippen molar-refractivity contribution < 1.29 is 17.6 Å². The number of hydrogen-bond acceptors (Lipinski definition) is 4. The Kier molecular flexibility index (Phi) is 3.29. The van der Waals surface area contributed by atoms with Gasteiger partial charge in [0.05, 0.1) is 6.54 Å². The molecule has 0 amide bonds. The third-order valence-electron chi connectivity index (χ3n) is 3.33. The molecule has 1 fully saturated rings. The minimum atomic E-state index is -4.14. The Labute approximate surface area is 113 Å². The maximum absolute atomic E-state index is 12.3. The zero-order valence-corrected chi connectivity index (χ0v) is 10.7. The Bertz CT molecular complexity index is 555. The molecule has 1 saturated heterocycles. The number of benzene rings is 1. The van der Waals surface area contributed by atoms with E-state index in [0.29, 0.717) is 37.8 Å². The molecule has 20 heavy (non-hydrogen) atoms. The number of rotatable bonds is 2. The normalized spacial score (nSPS) is 17.9. The van der Waals surface area contributed by atoms with E-state index in [4.69, 9.17) is 4.42 Å². The van der Waals surface area contributed by atoms with Gasteiger partial charge in [-0.3, -0.25) is 4.90 Å². The van der Waals surface area contributed by atoms with Gasteiger partial charge in [0.25, 0.3) is 6.01 Å². The molecule has 1 aromatic carbocycles. The molecule has 0 N–H and O–H groups in total. The smallest absolute Gasteiger partial charge is 0.401 e. The van der Waals surface area contributed by atoms with Crippen LogP contribution in [0.4, 0.5) is 19.2 Å². The highest BCUT2D eigenvalue weighted by atomic mass is 19.4. The number of nitrogens with zero attached hydrogens (tertiary/aromatic N) is 3. The third-order valence-corrected chi connectivity index (χ3v) is 3.33. The van der Waals surface area contributed by atoms with Crippen LogP contribution in [0.15, 0.2) is 28.7 Å². The summed E-state index contributed by atoms with van der Waals surface area (Å²) in [6, 6.07) is 7.89. The van der Waals surface area contributed by atoms with Gasteiger partial charge in [-0.2, -0.15) is 18.2 Å². The highest BCUT2D eigenvalue weighted by Crippen LogP contribution is 2.23. The summed E-state index contributed by atoms with van der Waals surface area (Å²) in [6.07, 6.45) is -4.14. The lowest BCUT2D eigenvalue weighted by atomic mass is 10.3. The zero-order chi connectivity index (χ0) is 14.2. The monoisotopic (exact) mass is 285 g/mol. The molecule has 2 aromatic rings. The fraction of sp³-hybridized carbons (Fsp3) is 0.462. The van der Waals surface area contributed by atoms with Crippen molar-refractivity contribution in [2.24, 2.45) is 0 Å². The van der Waals surface area contributed by atoms with Crippen molar-refractivity contribution in [2.45, 2.75) is 6.18 Å². The van der Waals surface area contributed by atoms with Crippen LogP contribution in [-0.2, 0) is 0 Å². The summed E-state index contributed by atoms with van der Waals surface area (Å²) in [7, 11) is 0. The number of piperazine rings is 1. The first-order valence-corrected chi connectivity index (χ1v) is 6.41. The molecular formula is C13H14F3N3O. The fourth-order valence-corrected chi connectivity index (χ4v) is 2.35. The van der Waals surface area contributed by atoms with Gasteiger partial charge in [0.15, 0.2) is 5.58 Å². The van der Waals surface area contributed by atoms with Crippen molar-refractivity contribution in [2.75, 3.05) is 37.6 Å². The van der Waals surface area contributed by atoms with Gasteiger partial charge >= 0.3 is 6.18 Å². The third kappa shape index (κ3) is 2.87. The summed E-state index contributed by atoms with van der Waals surface area (Å²) in [5.41, 5.74) is 1.46. The van der Waals surface area contributed by atoms with Gasteiger partial charge in [0.2, 0.25) is 0 Å². The van der Waals surface area contributed by atoms with Crippen molar-refractivity contribution in [3.63, 3.8) is 0 Å². The van der Waals surface area contributed by atoms with Crippen LogP contribution in [0.5, 0.6) is 0 Å². The van der Waals surface area contributed by atoms with Crippen LogP contribution in [0, 0.1) is 0 Å². The lowest BCUT2D eigenvalue weighted by Crippen LogP contribution is -2.49. The second kappa shape index (κ2) is 4.97. The number of hydrogen-bond donors (Lipinski definition) is 0. The molecule has 1 aromatic heterocycles. The molecule has 3 rings (SSSR count). The molecule has 1 aliphatic heterocycles. The van der Waals surface area contributed by atoms with Crippen molar-refractivity contribution in [3.8, 4) is 0 Å². The van der Waals surface area contributed by atoms with Crippen LogP contribution in [0.1, 0.15) is 0 Å². The topological polar surface area (TPSA) is 32.5 Å². The van der Waals surface area contributed by atoms with Gasteiger partial charge in [-0.05, 0) is 12.1 Å². The number of fused-ring (bicyclic) bond motifs is 1. The van der Waals surface area contributed by atoms with Gasteiger partial charge in [-0.1, -0.05) is 12.1 Å². The van der Waals surface area contributed by atoms with Gasteiger partial charge in [0, 0.05) is 26.2 Å². The van der Waals surface area contributed by atoms with Crippen molar-refractivity contribution in [3.05, 3.63) is 24.3 Å². The van der Waals surface area contributed by atoms with Crippen LogP contribution in [0.25, 0.3) is 11.1 Å². The summed E-state index contributed by atoms with van der Waals surface area (Å²) < 4.78 is 42.6. The molecule has 7 heteroatoms. The predicted molar refractivity (Wildman–Crippen MR) is 68.7 cm³/mol. The Hall–Kier alpha value is -1.76. The molecule has 0 saturated carbocycles. The zero-order valence-electron chi connectivity index (χ0n) is 10.7. The minimum Gasteiger partial charge on any atom is -0.423 e. The van der Waals surface area contributed by atoms with Crippen LogP contribution >= 0.6 is 0 Å². The standard InChI is InChI=1S/C13H14F3N3O/c14-13(15,16)9-18-5-7-19(8-6-18)12-17-10-3-1-2-4-11(10)20-12/h1-4H,5-9H2. The van der Waals surface area contributed by atoms with Gasteiger partial charge < -0.3 is 9.32 Å². The average molecular weight is 285 g/mol. The quantitative estimate of drug-likeness (QED) is 0.848. The molecule has 0 atom stereocenters. The fourth-order valence-electron chi connectivity index (χ4n) is 2.35.